The van der Waals surface area contributed by atoms with Gasteiger partial charge in [0.2, 0.25) is 11.8 Å². The summed E-state index contributed by atoms with van der Waals surface area (Å²) in [6, 6.07) is -2.68. The summed E-state index contributed by atoms with van der Waals surface area (Å²) in [6.07, 6.45) is -39.0. The molecule has 4 heterocycles. The number of ether oxygens (including phenoxy) is 9. The predicted octanol–water partition coefficient (Wildman–Crippen LogP) is -9.93. The van der Waals surface area contributed by atoms with Crippen LogP contribution in [0.25, 0.3) is 0 Å². The van der Waals surface area contributed by atoms with Gasteiger partial charge in [-0.2, -0.15) is 0 Å². The summed E-state index contributed by atoms with van der Waals surface area (Å²) in [5.74, 6) is -1.29. The zero-order valence-corrected chi connectivity index (χ0v) is 34.9. The van der Waals surface area contributed by atoms with Crippen molar-refractivity contribution >= 4 is 11.8 Å². The molecule has 4 aliphatic rings. The maximum atomic E-state index is 12.5. The van der Waals surface area contributed by atoms with E-state index in [2.05, 4.69) is 10.6 Å². The fourth-order valence-corrected chi connectivity index (χ4v) is 7.77. The van der Waals surface area contributed by atoms with Gasteiger partial charge in [-0.15, -0.1) is 0 Å². The van der Waals surface area contributed by atoms with Crippen molar-refractivity contribution in [1.82, 2.24) is 10.6 Å². The summed E-state index contributed by atoms with van der Waals surface area (Å²) in [6.45, 7) is -0.0994. The molecule has 4 rings (SSSR count). The molecule has 0 aromatic carbocycles. The third-order valence-corrected chi connectivity index (χ3v) is 11.2. The standard InChI is InChI=1S/C36H64N2O25/c1-11-19(37-12(2)43)24(49)30(16(8-41)57-11)61-33-20(38-13(3)44)25(50)31(17(9-42)59-33)62-36-29(54)32(63-34(55-4)27(52)21(46)14(45)5-6-39)23(48)18(60-36)10-56-35-28(53)26(51)22(47)15(7-40)58-35/h11,14-36,39-42,45-54H,5-10H2,1-4H3,(H,37,43)(H,38,44)/t11-,14+,15?,16?,17?,18?,19?,20?,21?,22+,23+,24?,25?,26?,27?,28?,29?,30+,31+,32?,33-,34+,35-,36-/m0/s1. The summed E-state index contributed by atoms with van der Waals surface area (Å²) in [5, 5.41) is 153. The van der Waals surface area contributed by atoms with Gasteiger partial charge in [-0.3, -0.25) is 9.59 Å². The van der Waals surface area contributed by atoms with Crippen LogP contribution in [-0.2, 0) is 52.2 Å². The minimum Gasteiger partial charge on any atom is -0.396 e. The minimum absolute atomic E-state index is 0.387. The third kappa shape index (κ3) is 12.7. The monoisotopic (exact) mass is 924 g/mol. The van der Waals surface area contributed by atoms with Gasteiger partial charge in [0.15, 0.2) is 25.2 Å². The van der Waals surface area contributed by atoms with Gasteiger partial charge in [-0.05, 0) is 13.3 Å². The first-order chi connectivity index (χ1) is 29.7. The first kappa shape index (κ1) is 53.6. The molecule has 4 aliphatic heterocycles. The number of methoxy groups -OCH3 is 1. The largest absolute Gasteiger partial charge is 0.396 e. The molecule has 0 aromatic heterocycles. The van der Waals surface area contributed by atoms with Gasteiger partial charge in [0.1, 0.15) is 104 Å². The van der Waals surface area contributed by atoms with Crippen molar-refractivity contribution < 1.29 is 124 Å². The molecule has 0 aliphatic carbocycles. The summed E-state index contributed by atoms with van der Waals surface area (Å²) in [7, 11) is 0.995. The smallest absolute Gasteiger partial charge is 0.217 e. The molecule has 0 saturated carbocycles. The van der Waals surface area contributed by atoms with Gasteiger partial charge in [-0.25, -0.2) is 0 Å². The van der Waals surface area contributed by atoms with Crippen molar-refractivity contribution in [3.8, 4) is 0 Å². The van der Waals surface area contributed by atoms with E-state index in [0.29, 0.717) is 0 Å². The van der Waals surface area contributed by atoms with Crippen LogP contribution in [0.5, 0.6) is 0 Å². The average Bonchev–Trinajstić information content (AvgIpc) is 3.24. The highest BCUT2D eigenvalue weighted by atomic mass is 16.8. The Morgan fingerprint density at radius 3 is 1.67 bits per heavy atom. The highest BCUT2D eigenvalue weighted by molar-refractivity contribution is 5.73. The van der Waals surface area contributed by atoms with Gasteiger partial charge in [0, 0.05) is 27.6 Å². The van der Waals surface area contributed by atoms with Crippen LogP contribution in [0.3, 0.4) is 0 Å². The second kappa shape index (κ2) is 24.2. The first-order valence-corrected chi connectivity index (χ1v) is 20.3. The Labute approximate surface area is 360 Å². The maximum absolute atomic E-state index is 12.5. The van der Waals surface area contributed by atoms with Crippen LogP contribution in [0.1, 0.15) is 27.2 Å². The van der Waals surface area contributed by atoms with Gasteiger partial charge in [0.05, 0.1) is 44.7 Å². The Morgan fingerprint density at radius 1 is 0.587 bits per heavy atom. The van der Waals surface area contributed by atoms with E-state index in [-0.39, 0.29) is 6.42 Å². The normalized spacial score (nSPS) is 43.1. The lowest BCUT2D eigenvalue weighted by atomic mass is 9.92. The van der Waals surface area contributed by atoms with Crippen molar-refractivity contribution in [3.63, 3.8) is 0 Å². The number of carbonyl (C=O) groups is 2. The first-order valence-electron chi connectivity index (χ1n) is 20.3. The van der Waals surface area contributed by atoms with E-state index in [1.165, 1.54) is 13.8 Å². The minimum atomic E-state index is -2.15. The molecule has 14 unspecified atom stereocenters. The molecule has 0 radical (unpaired) electrons. The Bertz CT molecular complexity index is 1410. The highest BCUT2D eigenvalue weighted by Gasteiger charge is 2.55. The van der Waals surface area contributed by atoms with Crippen LogP contribution in [0.2, 0.25) is 0 Å². The summed E-state index contributed by atoms with van der Waals surface area (Å²) >= 11 is 0. The molecular formula is C36H64N2O25. The van der Waals surface area contributed by atoms with Crippen molar-refractivity contribution in [2.24, 2.45) is 0 Å². The van der Waals surface area contributed by atoms with Crippen molar-refractivity contribution in [2.75, 3.05) is 40.1 Å². The van der Waals surface area contributed by atoms with Gasteiger partial charge in [0.25, 0.3) is 0 Å². The SMILES string of the molecule is CO[C@H](OC1C(O)[C@H](O[C@@H]2C(CO)O[C@@H](O[C@@H]3C(CO)O[C@@H](C)C(NC(C)=O)C3O)C(NC(C)=O)C2O)OC(CO[C@H]2OC(CO)[C@@H](O)C(O)C2O)[C@H]1O)C(O)C(O)[C@H](O)CCO. The van der Waals surface area contributed by atoms with Crippen molar-refractivity contribution in [2.45, 2.75) is 174 Å². The van der Waals surface area contributed by atoms with Crippen LogP contribution < -0.4 is 10.6 Å². The predicted molar refractivity (Wildman–Crippen MR) is 200 cm³/mol. The molecule has 24 atom stereocenters. The Morgan fingerprint density at radius 2 is 1.11 bits per heavy atom. The Hall–Kier alpha value is -1.98. The van der Waals surface area contributed by atoms with E-state index in [9.17, 15) is 81.1 Å². The van der Waals surface area contributed by atoms with Gasteiger partial charge >= 0.3 is 0 Å². The highest BCUT2D eigenvalue weighted by Crippen LogP contribution is 2.34. The lowest BCUT2D eigenvalue weighted by molar-refractivity contribution is -0.374. The molecule has 4 saturated heterocycles. The fourth-order valence-electron chi connectivity index (χ4n) is 7.77. The van der Waals surface area contributed by atoms with Crippen LogP contribution in [-0.4, -0.2) is 271 Å². The van der Waals surface area contributed by atoms with Crippen LogP contribution in [0, 0.1) is 0 Å². The van der Waals surface area contributed by atoms with E-state index in [4.69, 9.17) is 42.6 Å². The molecule has 0 bridgehead atoms. The van der Waals surface area contributed by atoms with Crippen molar-refractivity contribution in [3.05, 3.63) is 0 Å². The van der Waals surface area contributed by atoms with E-state index in [1.807, 2.05) is 0 Å². The summed E-state index contributed by atoms with van der Waals surface area (Å²) in [5.41, 5.74) is 0. The zero-order chi connectivity index (χ0) is 47.0. The Balaban J connectivity index is 1.64. The van der Waals surface area contributed by atoms with E-state index in [1.54, 1.807) is 0 Å². The fraction of sp³-hybridized carbons (Fsp3) is 0.944. The van der Waals surface area contributed by atoms with Crippen LogP contribution >= 0.6 is 0 Å². The molecule has 0 spiro atoms. The molecule has 63 heavy (non-hydrogen) atoms. The number of aliphatic hydroxyl groups excluding tert-OH is 14. The molecule has 0 aromatic rings. The average molecular weight is 925 g/mol. The van der Waals surface area contributed by atoms with Crippen LogP contribution in [0.15, 0.2) is 0 Å². The van der Waals surface area contributed by atoms with E-state index in [0.717, 1.165) is 14.0 Å². The Kier molecular flexibility index (Phi) is 20.6. The molecule has 16 N–H and O–H groups in total. The quantitative estimate of drug-likeness (QED) is 0.0504. The molecular weight excluding hydrogens is 860 g/mol. The van der Waals surface area contributed by atoms with Gasteiger partial charge < -0.3 is 125 Å². The van der Waals surface area contributed by atoms with E-state index < -0.39 is 192 Å². The molecule has 4 fully saturated rings. The zero-order valence-electron chi connectivity index (χ0n) is 34.9. The number of carbonyl (C=O) groups excluding carboxylic acids is 2. The molecule has 368 valence electrons. The number of hydrogen-bond donors (Lipinski definition) is 16. The second-order valence-electron chi connectivity index (χ2n) is 15.7. The number of hydrogen-bond acceptors (Lipinski definition) is 25. The summed E-state index contributed by atoms with van der Waals surface area (Å²) < 4.78 is 51.4. The molecule has 27 nitrogen and oxygen atoms in total. The number of aliphatic hydroxyl groups is 14. The molecule has 2 amide bonds. The number of nitrogens with one attached hydrogen (secondary N) is 2. The molecule has 27 heteroatoms. The summed E-state index contributed by atoms with van der Waals surface area (Å²) in [4.78, 5) is 24.4. The second-order valence-corrected chi connectivity index (χ2v) is 15.7. The van der Waals surface area contributed by atoms with Crippen LogP contribution in [0.4, 0.5) is 0 Å². The maximum Gasteiger partial charge on any atom is 0.217 e. The van der Waals surface area contributed by atoms with E-state index >= 15 is 0 Å². The lowest BCUT2D eigenvalue weighted by Crippen LogP contribution is -2.70. The third-order valence-electron chi connectivity index (χ3n) is 11.2. The lowest BCUT2D eigenvalue weighted by Gasteiger charge is -2.50. The topological polar surface area (TPSA) is 424 Å². The van der Waals surface area contributed by atoms with Gasteiger partial charge in [-0.1, -0.05) is 0 Å². The number of rotatable bonds is 20. The van der Waals surface area contributed by atoms with Crippen molar-refractivity contribution in [1.29, 1.82) is 0 Å². The number of amides is 2.